The molecule has 1 aliphatic rings. The summed E-state index contributed by atoms with van der Waals surface area (Å²) in [6.45, 7) is 40.9. The first kappa shape index (κ1) is 51.2. The Kier molecular flexibility index (Phi) is 13.1. The number of benzene rings is 8. The Hall–Kier alpha value is -7.28. The molecular formula is C75H76. The molecule has 0 heterocycles. The van der Waals surface area contributed by atoms with Gasteiger partial charge in [0.05, 0.1) is 0 Å². The van der Waals surface area contributed by atoms with Crippen molar-refractivity contribution in [3.8, 4) is 22.3 Å². The lowest BCUT2D eigenvalue weighted by molar-refractivity contribution is 0.544. The van der Waals surface area contributed by atoms with E-state index in [4.69, 9.17) is 0 Å². The molecule has 0 aromatic heterocycles. The maximum absolute atomic E-state index is 4.49. The van der Waals surface area contributed by atoms with E-state index in [9.17, 15) is 0 Å². The molecule has 0 aliphatic heterocycles. The van der Waals surface area contributed by atoms with Gasteiger partial charge in [-0.15, -0.1) is 0 Å². The maximum atomic E-state index is 4.49. The molecule has 0 spiro atoms. The van der Waals surface area contributed by atoms with E-state index in [1.165, 1.54) is 136 Å². The van der Waals surface area contributed by atoms with E-state index in [2.05, 4.69) is 254 Å². The van der Waals surface area contributed by atoms with Crippen LogP contribution in [0.1, 0.15) is 131 Å². The quantitative estimate of drug-likeness (QED) is 0.0999. The molecule has 0 fully saturated rings. The summed E-state index contributed by atoms with van der Waals surface area (Å²) in [5.74, 6) is 0.385. The molecule has 1 aliphatic carbocycles. The van der Waals surface area contributed by atoms with Crippen LogP contribution in [0.3, 0.4) is 0 Å². The summed E-state index contributed by atoms with van der Waals surface area (Å²) in [7, 11) is 0. The number of allylic oxidation sites excluding steroid dienone is 6. The van der Waals surface area contributed by atoms with E-state index < -0.39 is 0 Å². The van der Waals surface area contributed by atoms with Crippen LogP contribution in [-0.2, 0) is 10.8 Å². The standard InChI is InChI=1S/C73H70.C2H6/c1-15-44(43(4)5)36-47(34-35-71(6,7)8)57-40-58(48-37-49(72(9,10)11)39-50(38-48)73(12,13)14)67-55-32-24-30-53-60-42-62-66-54(59(60)41-61(65(53)55)68(57)67)31-25-33-56(66)69-63(45-26-20-18-21-27-45)51(16-2)52(17-3)64(70(62)69)46-28-22-19-23-29-46;1-2/h15-39,41-43H,2-3,40H2,1,4-14H3;1-2H3/b35-34+,44-15+,47-36+;. The molecule has 0 bridgehead atoms. The second kappa shape index (κ2) is 19.1. The van der Waals surface area contributed by atoms with Gasteiger partial charge in [0.2, 0.25) is 0 Å². The highest BCUT2D eigenvalue weighted by Gasteiger charge is 2.30. The lowest BCUT2D eigenvalue weighted by Gasteiger charge is -2.26. The van der Waals surface area contributed by atoms with Crippen molar-refractivity contribution in [2.75, 3.05) is 0 Å². The van der Waals surface area contributed by atoms with Crippen LogP contribution in [-0.4, -0.2) is 0 Å². The summed E-state index contributed by atoms with van der Waals surface area (Å²) >= 11 is 0. The third kappa shape index (κ3) is 8.56. The molecule has 75 heavy (non-hydrogen) atoms. The molecule has 10 aromatic rings. The van der Waals surface area contributed by atoms with E-state index in [-0.39, 0.29) is 16.2 Å². The molecule has 0 N–H and O–H groups in total. The summed E-state index contributed by atoms with van der Waals surface area (Å²) in [5.41, 5.74) is 16.6. The van der Waals surface area contributed by atoms with E-state index in [1.54, 1.807) is 0 Å². The van der Waals surface area contributed by atoms with Gasteiger partial charge in [-0.2, -0.15) is 0 Å². The Bertz CT molecular complexity index is 4090. The fraction of sp³-hybridized carbons (Fsp3) is 0.253. The van der Waals surface area contributed by atoms with Gasteiger partial charge in [-0.05, 0) is 195 Å². The number of hydrogen-bond donors (Lipinski definition) is 0. The predicted octanol–water partition coefficient (Wildman–Crippen LogP) is 20.6. The van der Waals surface area contributed by atoms with Gasteiger partial charge in [-0.1, -0.05) is 255 Å². The van der Waals surface area contributed by atoms with Gasteiger partial charge in [0.25, 0.3) is 0 Å². The molecule has 0 atom stereocenters. The summed E-state index contributed by atoms with van der Waals surface area (Å²) in [6.07, 6.45) is 14.6. The molecule has 0 saturated heterocycles. The predicted molar refractivity (Wildman–Crippen MR) is 335 cm³/mol. The Balaban J connectivity index is 0.00000317. The van der Waals surface area contributed by atoms with Crippen LogP contribution in [0.15, 0.2) is 176 Å². The number of fused-ring (bicyclic) bond motifs is 9. The van der Waals surface area contributed by atoms with Crippen molar-refractivity contribution >= 4 is 87.9 Å². The molecule has 0 radical (unpaired) electrons. The zero-order valence-electron chi connectivity index (χ0n) is 47.3. The molecular weight excluding hydrogens is 901 g/mol. The summed E-state index contributed by atoms with van der Waals surface area (Å²) in [5, 5.41) is 18.4. The van der Waals surface area contributed by atoms with Crippen LogP contribution in [0.4, 0.5) is 0 Å². The normalized spacial score (nSPS) is 14.0. The van der Waals surface area contributed by atoms with Crippen LogP contribution in [0.2, 0.25) is 0 Å². The van der Waals surface area contributed by atoms with Crippen LogP contribution < -0.4 is 10.4 Å². The smallest absolute Gasteiger partial charge is 0.000110 e. The van der Waals surface area contributed by atoms with Crippen molar-refractivity contribution < 1.29 is 0 Å². The molecule has 0 saturated carbocycles. The maximum Gasteiger partial charge on any atom is -0.000110 e. The van der Waals surface area contributed by atoms with E-state index in [0.717, 1.165) is 17.5 Å². The summed E-state index contributed by atoms with van der Waals surface area (Å²) in [4.78, 5) is 0. The number of rotatable bonds is 9. The van der Waals surface area contributed by atoms with Crippen molar-refractivity contribution in [3.63, 3.8) is 0 Å². The number of hydrogen-bond acceptors (Lipinski definition) is 0. The van der Waals surface area contributed by atoms with Crippen molar-refractivity contribution in [3.05, 3.63) is 214 Å². The van der Waals surface area contributed by atoms with Gasteiger partial charge < -0.3 is 0 Å². The Morgan fingerprint density at radius 2 is 0.973 bits per heavy atom. The van der Waals surface area contributed by atoms with Gasteiger partial charge in [0.1, 0.15) is 0 Å². The Morgan fingerprint density at radius 1 is 0.493 bits per heavy atom. The largest absolute Gasteiger partial charge is 0.0984 e. The fourth-order valence-corrected chi connectivity index (χ4v) is 12.3. The second-order valence-corrected chi connectivity index (χ2v) is 24.3. The first-order valence-corrected chi connectivity index (χ1v) is 27.6. The van der Waals surface area contributed by atoms with Gasteiger partial charge in [0, 0.05) is 0 Å². The first-order valence-electron chi connectivity index (χ1n) is 27.6. The van der Waals surface area contributed by atoms with Crippen molar-refractivity contribution in [2.45, 2.75) is 114 Å². The van der Waals surface area contributed by atoms with Crippen LogP contribution in [0.25, 0.3) is 110 Å². The molecule has 0 unspecified atom stereocenters. The SMILES string of the molecule is C=Cc1c(C=C)c(-c2ccccc2)c2c3cc4c(cc5c6c(c7cccc4c57)=C(c4cc(C(C)(C)C)cc(C(C)(C)C)c4)CC=6C(/C=C/C(C)(C)C)=C/C(=C\C)C(C)C)c4cccc(c2c1-c1ccccc1)c43.CC. The minimum atomic E-state index is -0.0168. The van der Waals surface area contributed by atoms with Crippen molar-refractivity contribution in [1.82, 2.24) is 0 Å². The average molecular weight is 977 g/mol. The molecule has 10 aromatic carbocycles. The van der Waals surface area contributed by atoms with Crippen molar-refractivity contribution in [2.24, 2.45) is 11.3 Å². The lowest BCUT2D eigenvalue weighted by Crippen LogP contribution is -2.22. The van der Waals surface area contributed by atoms with Gasteiger partial charge >= 0.3 is 0 Å². The van der Waals surface area contributed by atoms with Crippen molar-refractivity contribution in [1.29, 1.82) is 0 Å². The highest BCUT2D eigenvalue weighted by molar-refractivity contribution is 6.42. The third-order valence-corrected chi connectivity index (χ3v) is 16.0. The van der Waals surface area contributed by atoms with Crippen LogP contribution in [0, 0.1) is 11.3 Å². The molecule has 11 rings (SSSR count). The van der Waals surface area contributed by atoms with Gasteiger partial charge in [-0.3, -0.25) is 0 Å². The monoisotopic (exact) mass is 977 g/mol. The highest BCUT2D eigenvalue weighted by atomic mass is 14.3. The first-order chi connectivity index (χ1) is 35.8. The Labute approximate surface area is 447 Å². The molecule has 0 heteroatoms. The third-order valence-electron chi connectivity index (χ3n) is 16.0. The molecule has 0 nitrogen and oxygen atoms in total. The summed E-state index contributed by atoms with van der Waals surface area (Å²) in [6, 6.07) is 48.7. The lowest BCUT2D eigenvalue weighted by atomic mass is 9.78. The molecule has 376 valence electrons. The van der Waals surface area contributed by atoms with E-state index in [0.29, 0.717) is 5.92 Å². The fourth-order valence-electron chi connectivity index (χ4n) is 12.3. The Morgan fingerprint density at radius 3 is 1.45 bits per heavy atom. The zero-order chi connectivity index (χ0) is 53.5. The molecule has 0 amide bonds. The summed E-state index contributed by atoms with van der Waals surface area (Å²) < 4.78 is 0. The van der Waals surface area contributed by atoms with E-state index >= 15 is 0 Å². The topological polar surface area (TPSA) is 0 Å². The second-order valence-electron chi connectivity index (χ2n) is 24.3. The minimum absolute atomic E-state index is 0.00520. The van der Waals surface area contributed by atoms with E-state index in [1.807, 2.05) is 19.9 Å². The van der Waals surface area contributed by atoms with Gasteiger partial charge in [-0.25, -0.2) is 0 Å². The zero-order valence-corrected chi connectivity index (χ0v) is 47.3. The minimum Gasteiger partial charge on any atom is -0.0984 e. The highest BCUT2D eigenvalue weighted by Crippen LogP contribution is 2.53. The van der Waals surface area contributed by atoms with Crippen LogP contribution in [0.5, 0.6) is 0 Å². The average Bonchev–Trinajstić information content (AvgIpc) is 4.12. The van der Waals surface area contributed by atoms with Crippen LogP contribution >= 0.6 is 0 Å². The van der Waals surface area contributed by atoms with Gasteiger partial charge in [0.15, 0.2) is 0 Å².